The molecule has 0 aliphatic carbocycles. The van der Waals surface area contributed by atoms with Gasteiger partial charge in [0, 0.05) is 5.39 Å². The van der Waals surface area contributed by atoms with Gasteiger partial charge in [-0.1, -0.05) is 38.1 Å². The number of fused-ring (bicyclic) bond motifs is 1. The number of methoxy groups -OCH3 is 1. The van der Waals surface area contributed by atoms with Gasteiger partial charge in [0.1, 0.15) is 23.9 Å². The molecule has 2 rings (SSSR count). The Morgan fingerprint density at radius 1 is 1.16 bits per heavy atom. The van der Waals surface area contributed by atoms with Crippen LogP contribution < -0.4 is 9.47 Å². The topological polar surface area (TPSA) is 35.5 Å². The molecule has 0 N–H and O–H groups in total. The van der Waals surface area contributed by atoms with Crippen LogP contribution in [0.3, 0.4) is 0 Å². The molecule has 0 spiro atoms. The average molecular weight is 344 g/mol. The highest BCUT2D eigenvalue weighted by atomic mass is 19.1. The molecule has 25 heavy (non-hydrogen) atoms. The number of hydrogen-bond acceptors (Lipinski definition) is 3. The van der Waals surface area contributed by atoms with Crippen LogP contribution in [0.1, 0.15) is 38.1 Å². The van der Waals surface area contributed by atoms with E-state index < -0.39 is 0 Å². The SMILES string of the molecule is C/C=C(F)\C=C/COc1ccc2cccc(OC)c2c1C(C)=O.CC. The third-order valence-corrected chi connectivity index (χ3v) is 3.43. The van der Waals surface area contributed by atoms with Crippen LogP contribution in [0, 0.1) is 0 Å². The highest BCUT2D eigenvalue weighted by Gasteiger charge is 2.16. The van der Waals surface area contributed by atoms with Crippen molar-refractivity contribution in [1.29, 1.82) is 0 Å². The van der Waals surface area contributed by atoms with Crippen molar-refractivity contribution < 1.29 is 18.7 Å². The zero-order valence-corrected chi connectivity index (χ0v) is 15.4. The summed E-state index contributed by atoms with van der Waals surface area (Å²) in [6.07, 6.45) is 4.25. The lowest BCUT2D eigenvalue weighted by Crippen LogP contribution is -2.03. The van der Waals surface area contributed by atoms with Gasteiger partial charge in [-0.15, -0.1) is 0 Å². The fourth-order valence-corrected chi connectivity index (χ4v) is 2.36. The first-order chi connectivity index (χ1) is 12.1. The van der Waals surface area contributed by atoms with E-state index in [-0.39, 0.29) is 18.2 Å². The number of halogens is 1. The lowest BCUT2D eigenvalue weighted by molar-refractivity contribution is 0.101. The summed E-state index contributed by atoms with van der Waals surface area (Å²) in [7, 11) is 1.56. The molecule has 0 unspecified atom stereocenters. The van der Waals surface area contributed by atoms with Crippen LogP contribution in [0.25, 0.3) is 10.8 Å². The Labute approximate surface area is 148 Å². The highest BCUT2D eigenvalue weighted by molar-refractivity contribution is 6.11. The van der Waals surface area contributed by atoms with E-state index in [1.807, 2.05) is 32.0 Å². The van der Waals surface area contributed by atoms with Crippen molar-refractivity contribution in [2.75, 3.05) is 13.7 Å². The van der Waals surface area contributed by atoms with Crippen molar-refractivity contribution in [3.8, 4) is 11.5 Å². The first-order valence-electron chi connectivity index (χ1n) is 8.30. The second-order valence-corrected chi connectivity index (χ2v) is 4.94. The van der Waals surface area contributed by atoms with E-state index in [4.69, 9.17) is 9.47 Å². The predicted molar refractivity (Wildman–Crippen MR) is 101 cm³/mol. The molecule has 0 aliphatic heterocycles. The molecular weight excluding hydrogens is 319 g/mol. The number of rotatable bonds is 6. The molecule has 134 valence electrons. The number of allylic oxidation sites excluding steroid dienone is 3. The molecule has 4 heteroatoms. The number of hydrogen-bond donors (Lipinski definition) is 0. The smallest absolute Gasteiger partial charge is 0.164 e. The second kappa shape index (κ2) is 10.3. The Morgan fingerprint density at radius 3 is 2.48 bits per heavy atom. The third kappa shape index (κ3) is 5.18. The molecule has 0 heterocycles. The minimum absolute atomic E-state index is 0.112. The van der Waals surface area contributed by atoms with Gasteiger partial charge in [0.25, 0.3) is 0 Å². The van der Waals surface area contributed by atoms with Gasteiger partial charge >= 0.3 is 0 Å². The largest absolute Gasteiger partial charge is 0.496 e. The van der Waals surface area contributed by atoms with Crippen molar-refractivity contribution >= 4 is 16.6 Å². The second-order valence-electron chi connectivity index (χ2n) is 4.94. The summed E-state index contributed by atoms with van der Waals surface area (Å²) in [5.41, 5.74) is 0.472. The lowest BCUT2D eigenvalue weighted by Gasteiger charge is -2.13. The number of Topliss-reactive ketones (excluding diaryl/α,β-unsaturated/α-hetero) is 1. The summed E-state index contributed by atoms with van der Waals surface area (Å²) < 4.78 is 24.0. The van der Waals surface area contributed by atoms with E-state index >= 15 is 0 Å². The average Bonchev–Trinajstić information content (AvgIpc) is 2.65. The van der Waals surface area contributed by atoms with Crippen molar-refractivity contribution in [1.82, 2.24) is 0 Å². The van der Waals surface area contributed by atoms with Crippen LogP contribution in [-0.4, -0.2) is 19.5 Å². The maximum absolute atomic E-state index is 13.0. The van der Waals surface area contributed by atoms with E-state index in [0.29, 0.717) is 17.1 Å². The normalized spacial score (nSPS) is 11.2. The first-order valence-corrected chi connectivity index (χ1v) is 8.30. The van der Waals surface area contributed by atoms with E-state index in [1.54, 1.807) is 32.2 Å². The van der Waals surface area contributed by atoms with Crippen LogP contribution in [0.2, 0.25) is 0 Å². The van der Waals surface area contributed by atoms with Crippen LogP contribution in [0.4, 0.5) is 4.39 Å². The molecular formula is C21H25FO3. The lowest BCUT2D eigenvalue weighted by atomic mass is 10.00. The van der Waals surface area contributed by atoms with Crippen molar-refractivity contribution in [2.45, 2.75) is 27.7 Å². The van der Waals surface area contributed by atoms with Crippen molar-refractivity contribution in [3.05, 3.63) is 60.0 Å². The highest BCUT2D eigenvalue weighted by Crippen LogP contribution is 2.34. The molecule has 0 radical (unpaired) electrons. The molecule has 0 atom stereocenters. The van der Waals surface area contributed by atoms with Gasteiger partial charge in [-0.25, -0.2) is 4.39 Å². The van der Waals surface area contributed by atoms with Gasteiger partial charge in [-0.2, -0.15) is 0 Å². The van der Waals surface area contributed by atoms with Gasteiger partial charge in [0.15, 0.2) is 5.78 Å². The molecule has 0 aromatic heterocycles. The van der Waals surface area contributed by atoms with Crippen LogP contribution in [0.5, 0.6) is 11.5 Å². The maximum atomic E-state index is 13.0. The van der Waals surface area contributed by atoms with Gasteiger partial charge in [0.05, 0.1) is 12.7 Å². The Hall–Kier alpha value is -2.62. The summed E-state index contributed by atoms with van der Waals surface area (Å²) in [6.45, 7) is 7.27. The molecule has 0 fully saturated rings. The maximum Gasteiger partial charge on any atom is 0.164 e. The standard InChI is InChI=1S/C19H19FO3.C2H6/c1-4-15(20)8-6-12-23-17-11-10-14-7-5-9-16(22-3)19(14)18(17)13(2)21;1-2/h4-11H,12H2,1-3H3;1-2H3/b8-6-,15-4+;. The van der Waals surface area contributed by atoms with E-state index in [9.17, 15) is 9.18 Å². The van der Waals surface area contributed by atoms with E-state index in [0.717, 1.165) is 10.8 Å². The van der Waals surface area contributed by atoms with Gasteiger partial charge < -0.3 is 9.47 Å². The summed E-state index contributed by atoms with van der Waals surface area (Å²) in [6, 6.07) is 9.21. The third-order valence-electron chi connectivity index (χ3n) is 3.43. The zero-order chi connectivity index (χ0) is 18.8. The fraction of sp³-hybridized carbons (Fsp3) is 0.286. The van der Waals surface area contributed by atoms with Crippen LogP contribution in [0.15, 0.2) is 54.4 Å². The quantitative estimate of drug-likeness (QED) is 0.484. The Morgan fingerprint density at radius 2 is 1.88 bits per heavy atom. The number of ether oxygens (including phenoxy) is 2. The molecule has 0 saturated carbocycles. The van der Waals surface area contributed by atoms with E-state index in [1.165, 1.54) is 19.1 Å². The van der Waals surface area contributed by atoms with Gasteiger partial charge in [-0.3, -0.25) is 4.79 Å². The fourth-order valence-electron chi connectivity index (χ4n) is 2.36. The summed E-state index contributed by atoms with van der Waals surface area (Å²) >= 11 is 0. The number of benzene rings is 2. The molecule has 0 aliphatic rings. The molecule has 0 saturated heterocycles. The minimum Gasteiger partial charge on any atom is -0.496 e. The van der Waals surface area contributed by atoms with Crippen LogP contribution >= 0.6 is 0 Å². The molecule has 3 nitrogen and oxygen atoms in total. The van der Waals surface area contributed by atoms with Crippen molar-refractivity contribution in [2.24, 2.45) is 0 Å². The van der Waals surface area contributed by atoms with E-state index in [2.05, 4.69) is 0 Å². The Balaban J connectivity index is 0.00000151. The first kappa shape index (κ1) is 20.4. The van der Waals surface area contributed by atoms with Gasteiger partial charge in [0.2, 0.25) is 0 Å². The predicted octanol–water partition coefficient (Wildman–Crippen LogP) is 5.89. The molecule has 0 bridgehead atoms. The van der Waals surface area contributed by atoms with Crippen molar-refractivity contribution in [3.63, 3.8) is 0 Å². The number of carbonyl (C=O) groups excluding carboxylic acids is 1. The summed E-state index contributed by atoms with van der Waals surface area (Å²) in [5, 5.41) is 1.63. The monoisotopic (exact) mass is 344 g/mol. The van der Waals surface area contributed by atoms with Crippen LogP contribution in [-0.2, 0) is 0 Å². The summed E-state index contributed by atoms with van der Waals surface area (Å²) in [4.78, 5) is 12.1. The molecule has 0 amide bonds. The number of carbonyl (C=O) groups is 1. The Kier molecular flexibility index (Phi) is 8.40. The molecule has 2 aromatic carbocycles. The minimum atomic E-state index is -0.333. The zero-order valence-electron chi connectivity index (χ0n) is 15.4. The summed E-state index contributed by atoms with van der Waals surface area (Å²) in [5.74, 6) is 0.632. The number of ketones is 1. The molecule has 2 aromatic rings. The Bertz CT molecular complexity index is 776. The van der Waals surface area contributed by atoms with Gasteiger partial charge in [-0.05, 0) is 43.5 Å².